The van der Waals surface area contributed by atoms with Gasteiger partial charge < -0.3 is 0 Å². The molecular formula is C25H28. The summed E-state index contributed by atoms with van der Waals surface area (Å²) in [4.78, 5) is 0. The molecule has 0 aliphatic carbocycles. The summed E-state index contributed by atoms with van der Waals surface area (Å²) in [6.45, 7) is 6.92. The van der Waals surface area contributed by atoms with Gasteiger partial charge in [0.2, 0.25) is 0 Å². The molecule has 0 aliphatic rings. The van der Waals surface area contributed by atoms with Crippen molar-refractivity contribution in [1.82, 2.24) is 0 Å². The van der Waals surface area contributed by atoms with Gasteiger partial charge in [0.05, 0.1) is 0 Å². The van der Waals surface area contributed by atoms with E-state index in [1.54, 1.807) is 0 Å². The molecular weight excluding hydrogens is 300 g/mol. The van der Waals surface area contributed by atoms with Crippen molar-refractivity contribution in [3.05, 3.63) is 107 Å². The van der Waals surface area contributed by atoms with E-state index in [2.05, 4.69) is 99.6 Å². The van der Waals surface area contributed by atoms with E-state index >= 15 is 0 Å². The highest BCUT2D eigenvalue weighted by molar-refractivity contribution is 5.44. The first-order valence-corrected chi connectivity index (χ1v) is 9.39. The van der Waals surface area contributed by atoms with Crippen LogP contribution in [0.25, 0.3) is 0 Å². The van der Waals surface area contributed by atoms with E-state index < -0.39 is 0 Å². The topological polar surface area (TPSA) is 0 Å². The Morgan fingerprint density at radius 2 is 1.04 bits per heavy atom. The molecule has 128 valence electrons. The minimum Gasteiger partial charge on any atom is -0.0622 e. The fraction of sp³-hybridized carbons (Fsp3) is 0.280. The second-order valence-electron chi connectivity index (χ2n) is 7.00. The quantitative estimate of drug-likeness (QED) is 0.494. The minimum atomic E-state index is -0.0300. The molecule has 0 saturated carbocycles. The number of aryl methyl sites for hydroxylation is 2. The Morgan fingerprint density at radius 3 is 1.44 bits per heavy atom. The summed E-state index contributed by atoms with van der Waals surface area (Å²) >= 11 is 0. The van der Waals surface area contributed by atoms with Gasteiger partial charge in [0.1, 0.15) is 0 Å². The van der Waals surface area contributed by atoms with E-state index in [4.69, 9.17) is 0 Å². The van der Waals surface area contributed by atoms with Crippen molar-refractivity contribution in [2.24, 2.45) is 0 Å². The lowest BCUT2D eigenvalue weighted by Gasteiger charge is -2.33. The number of hydrogen-bond donors (Lipinski definition) is 0. The third kappa shape index (κ3) is 3.54. The van der Waals surface area contributed by atoms with Crippen LogP contribution in [0, 0.1) is 0 Å². The van der Waals surface area contributed by atoms with Gasteiger partial charge in [0, 0.05) is 5.41 Å². The molecule has 0 N–H and O–H groups in total. The zero-order valence-electron chi connectivity index (χ0n) is 15.6. The zero-order chi connectivity index (χ0) is 17.7. The average Bonchev–Trinajstić information content (AvgIpc) is 2.69. The zero-order valence-corrected chi connectivity index (χ0v) is 15.6. The Bertz CT molecular complexity index is 738. The van der Waals surface area contributed by atoms with Gasteiger partial charge in [-0.25, -0.2) is 0 Å². The maximum Gasteiger partial charge on any atom is 0.0215 e. The third-order valence-corrected chi connectivity index (χ3v) is 5.48. The molecule has 25 heavy (non-hydrogen) atoms. The highest BCUT2D eigenvalue weighted by Crippen LogP contribution is 2.37. The first kappa shape index (κ1) is 17.5. The van der Waals surface area contributed by atoms with Crippen LogP contribution in [-0.2, 0) is 24.7 Å². The molecule has 3 aromatic rings. The molecule has 0 radical (unpaired) electrons. The van der Waals surface area contributed by atoms with Gasteiger partial charge in [-0.1, -0.05) is 99.6 Å². The molecule has 0 nitrogen and oxygen atoms in total. The van der Waals surface area contributed by atoms with Crippen molar-refractivity contribution in [3.63, 3.8) is 0 Å². The third-order valence-electron chi connectivity index (χ3n) is 5.48. The fourth-order valence-corrected chi connectivity index (χ4v) is 3.91. The van der Waals surface area contributed by atoms with E-state index in [9.17, 15) is 0 Å². The molecule has 3 rings (SSSR count). The van der Waals surface area contributed by atoms with Crippen LogP contribution in [0.2, 0.25) is 0 Å². The van der Waals surface area contributed by atoms with E-state index in [0.29, 0.717) is 0 Å². The van der Waals surface area contributed by atoms with Crippen LogP contribution < -0.4 is 0 Å². The molecule has 0 aromatic heterocycles. The van der Waals surface area contributed by atoms with Crippen molar-refractivity contribution in [3.8, 4) is 0 Å². The van der Waals surface area contributed by atoms with E-state index in [0.717, 1.165) is 19.3 Å². The molecule has 0 heterocycles. The molecule has 0 spiro atoms. The monoisotopic (exact) mass is 328 g/mol. The van der Waals surface area contributed by atoms with E-state index in [-0.39, 0.29) is 5.41 Å². The molecule has 3 aromatic carbocycles. The first-order chi connectivity index (χ1) is 12.2. The molecule has 0 aliphatic heterocycles. The van der Waals surface area contributed by atoms with Crippen LogP contribution in [0.15, 0.2) is 78.9 Å². The van der Waals surface area contributed by atoms with Crippen LogP contribution in [0.5, 0.6) is 0 Å². The van der Waals surface area contributed by atoms with Crippen molar-refractivity contribution in [2.45, 2.75) is 45.4 Å². The summed E-state index contributed by atoms with van der Waals surface area (Å²) in [5.74, 6) is 0. The van der Waals surface area contributed by atoms with Crippen molar-refractivity contribution in [1.29, 1.82) is 0 Å². The number of benzene rings is 3. The predicted molar refractivity (Wildman–Crippen MR) is 108 cm³/mol. The summed E-state index contributed by atoms with van der Waals surface area (Å²) in [7, 11) is 0. The molecule has 0 unspecified atom stereocenters. The lowest BCUT2D eigenvalue weighted by atomic mass is 9.70. The Labute approximate surface area is 152 Å². The van der Waals surface area contributed by atoms with Crippen LogP contribution in [-0.4, -0.2) is 0 Å². The molecule has 0 amide bonds. The van der Waals surface area contributed by atoms with Gasteiger partial charge in [-0.05, 0) is 47.1 Å². The standard InChI is InChI=1S/C25H28/c1-4-20-13-12-14-21(5-2)24(20)19-25(3,22-15-8-6-9-16-22)23-17-10-7-11-18-23/h6-18H,4-5,19H2,1-3H3. The fourth-order valence-electron chi connectivity index (χ4n) is 3.91. The smallest absolute Gasteiger partial charge is 0.0215 e. The van der Waals surface area contributed by atoms with Crippen molar-refractivity contribution < 1.29 is 0 Å². The van der Waals surface area contributed by atoms with Crippen molar-refractivity contribution >= 4 is 0 Å². The molecule has 0 fully saturated rings. The van der Waals surface area contributed by atoms with E-state index in [1.165, 1.54) is 27.8 Å². The Balaban J connectivity index is 2.15. The number of rotatable bonds is 6. The lowest BCUT2D eigenvalue weighted by molar-refractivity contribution is 0.562. The maximum atomic E-state index is 2.39. The predicted octanol–water partition coefficient (Wildman–Crippen LogP) is 6.36. The summed E-state index contributed by atoms with van der Waals surface area (Å²) in [6.07, 6.45) is 3.21. The van der Waals surface area contributed by atoms with E-state index in [1.807, 2.05) is 0 Å². The second kappa shape index (κ2) is 7.70. The SMILES string of the molecule is CCc1cccc(CC)c1CC(C)(c1ccccc1)c1ccccc1. The Kier molecular flexibility index (Phi) is 5.38. The van der Waals surface area contributed by atoms with Gasteiger partial charge in [-0.3, -0.25) is 0 Å². The summed E-state index contributed by atoms with van der Waals surface area (Å²) in [5, 5.41) is 0. The van der Waals surface area contributed by atoms with Crippen LogP contribution >= 0.6 is 0 Å². The van der Waals surface area contributed by atoms with Gasteiger partial charge >= 0.3 is 0 Å². The molecule has 0 atom stereocenters. The number of hydrogen-bond acceptors (Lipinski definition) is 0. The highest BCUT2D eigenvalue weighted by atomic mass is 14.3. The maximum absolute atomic E-state index is 2.39. The molecule has 0 heteroatoms. The average molecular weight is 328 g/mol. The summed E-state index contributed by atoms with van der Waals surface area (Å²) < 4.78 is 0. The van der Waals surface area contributed by atoms with Crippen LogP contribution in [0.1, 0.15) is 48.6 Å². The van der Waals surface area contributed by atoms with Crippen LogP contribution in [0.3, 0.4) is 0 Å². The molecule has 0 bridgehead atoms. The lowest BCUT2D eigenvalue weighted by Crippen LogP contribution is -2.27. The Morgan fingerprint density at radius 1 is 0.600 bits per heavy atom. The summed E-state index contributed by atoms with van der Waals surface area (Å²) in [5.41, 5.74) is 7.23. The largest absolute Gasteiger partial charge is 0.0622 e. The highest BCUT2D eigenvalue weighted by Gasteiger charge is 2.30. The van der Waals surface area contributed by atoms with Gasteiger partial charge in [-0.2, -0.15) is 0 Å². The van der Waals surface area contributed by atoms with Gasteiger partial charge in [0.25, 0.3) is 0 Å². The normalized spacial score (nSPS) is 11.5. The second-order valence-corrected chi connectivity index (χ2v) is 7.00. The van der Waals surface area contributed by atoms with Gasteiger partial charge in [0.15, 0.2) is 0 Å². The summed E-state index contributed by atoms with van der Waals surface area (Å²) in [6, 6.07) is 28.7. The minimum absolute atomic E-state index is 0.0300. The molecule has 0 saturated heterocycles. The first-order valence-electron chi connectivity index (χ1n) is 9.39. The Hall–Kier alpha value is -2.34. The van der Waals surface area contributed by atoms with Crippen LogP contribution in [0.4, 0.5) is 0 Å². The van der Waals surface area contributed by atoms with Crippen molar-refractivity contribution in [2.75, 3.05) is 0 Å². The van der Waals surface area contributed by atoms with Gasteiger partial charge in [-0.15, -0.1) is 0 Å².